The summed E-state index contributed by atoms with van der Waals surface area (Å²) < 4.78 is 10.8. The Morgan fingerprint density at radius 1 is 1.15 bits per heavy atom. The van der Waals surface area contributed by atoms with Crippen molar-refractivity contribution < 1.29 is 14.3 Å². The van der Waals surface area contributed by atoms with Crippen LogP contribution in [-0.2, 0) is 17.8 Å². The molecule has 0 aliphatic carbocycles. The van der Waals surface area contributed by atoms with Crippen molar-refractivity contribution in [1.29, 1.82) is 0 Å². The highest BCUT2D eigenvalue weighted by molar-refractivity contribution is 7.13. The van der Waals surface area contributed by atoms with Gasteiger partial charge in [0, 0.05) is 24.0 Å². The van der Waals surface area contributed by atoms with Gasteiger partial charge in [0.25, 0.3) is 0 Å². The van der Waals surface area contributed by atoms with Gasteiger partial charge in [0.15, 0.2) is 11.5 Å². The smallest absolute Gasteiger partial charge is 0.231 e. The Kier molecular flexibility index (Phi) is 5.07. The number of hydrogen-bond acceptors (Lipinski definition) is 5. The second-order valence-electron chi connectivity index (χ2n) is 6.28. The van der Waals surface area contributed by atoms with Gasteiger partial charge in [-0.05, 0) is 24.6 Å². The summed E-state index contributed by atoms with van der Waals surface area (Å²) in [5, 5.41) is 2.91. The molecule has 4 rings (SSSR count). The van der Waals surface area contributed by atoms with Crippen LogP contribution >= 0.6 is 11.3 Å². The fourth-order valence-electron chi connectivity index (χ4n) is 3.00. The molecule has 1 aromatic heterocycles. The summed E-state index contributed by atoms with van der Waals surface area (Å²) >= 11 is 1.57. The third-order valence-corrected chi connectivity index (χ3v) is 5.39. The van der Waals surface area contributed by atoms with Crippen LogP contribution < -0.4 is 9.47 Å². The lowest BCUT2D eigenvalue weighted by Gasteiger charge is -2.20. The minimum atomic E-state index is 0.0695. The molecule has 0 N–H and O–H groups in total. The number of nitrogens with zero attached hydrogens (tertiary/aromatic N) is 2. The Bertz CT molecular complexity index is 940. The van der Waals surface area contributed by atoms with Crippen LogP contribution in [0.3, 0.4) is 0 Å². The van der Waals surface area contributed by atoms with Crippen LogP contribution in [0, 0.1) is 0 Å². The third-order valence-electron chi connectivity index (χ3n) is 4.45. The lowest BCUT2D eigenvalue weighted by Crippen LogP contribution is -2.31. The van der Waals surface area contributed by atoms with Crippen molar-refractivity contribution in [3.63, 3.8) is 0 Å². The second-order valence-corrected chi connectivity index (χ2v) is 7.14. The maximum Gasteiger partial charge on any atom is 0.231 e. The SMILES string of the molecule is CCN(Cc1ccc2c(c1)OCO2)C(=O)Cc1csc(-c2ccccc2)n1. The van der Waals surface area contributed by atoms with E-state index in [-0.39, 0.29) is 12.7 Å². The minimum absolute atomic E-state index is 0.0695. The monoisotopic (exact) mass is 380 g/mol. The molecule has 27 heavy (non-hydrogen) atoms. The molecule has 0 unspecified atom stereocenters. The van der Waals surface area contributed by atoms with Gasteiger partial charge in [-0.2, -0.15) is 0 Å². The Labute approximate surface area is 162 Å². The number of likely N-dealkylation sites (N-methyl/N-ethyl adjacent to an activating group) is 1. The highest BCUT2D eigenvalue weighted by Crippen LogP contribution is 2.33. The molecule has 2 aromatic carbocycles. The van der Waals surface area contributed by atoms with E-state index in [0.29, 0.717) is 19.5 Å². The van der Waals surface area contributed by atoms with Crippen molar-refractivity contribution in [3.05, 3.63) is 65.2 Å². The van der Waals surface area contributed by atoms with E-state index in [1.165, 1.54) is 0 Å². The van der Waals surface area contributed by atoms with Gasteiger partial charge in [0.1, 0.15) is 5.01 Å². The highest BCUT2D eigenvalue weighted by atomic mass is 32.1. The topological polar surface area (TPSA) is 51.7 Å². The lowest BCUT2D eigenvalue weighted by molar-refractivity contribution is -0.130. The number of carbonyl (C=O) groups excluding carboxylic acids is 1. The van der Waals surface area contributed by atoms with Gasteiger partial charge < -0.3 is 14.4 Å². The van der Waals surface area contributed by atoms with E-state index in [4.69, 9.17) is 9.47 Å². The van der Waals surface area contributed by atoms with E-state index >= 15 is 0 Å². The molecular weight excluding hydrogens is 360 g/mol. The van der Waals surface area contributed by atoms with Crippen LogP contribution in [0.25, 0.3) is 10.6 Å². The maximum absolute atomic E-state index is 12.8. The quantitative estimate of drug-likeness (QED) is 0.645. The maximum atomic E-state index is 12.8. The summed E-state index contributed by atoms with van der Waals surface area (Å²) in [6.45, 7) is 3.43. The molecule has 6 heteroatoms. The first-order chi connectivity index (χ1) is 13.2. The molecule has 1 amide bonds. The summed E-state index contributed by atoms with van der Waals surface area (Å²) in [6.07, 6.45) is 0.307. The second kappa shape index (κ2) is 7.80. The van der Waals surface area contributed by atoms with E-state index in [1.807, 2.05) is 65.7 Å². The van der Waals surface area contributed by atoms with Crippen molar-refractivity contribution in [2.24, 2.45) is 0 Å². The minimum Gasteiger partial charge on any atom is -0.454 e. The van der Waals surface area contributed by atoms with Crippen LogP contribution in [0.5, 0.6) is 11.5 Å². The van der Waals surface area contributed by atoms with Crippen molar-refractivity contribution >= 4 is 17.2 Å². The Hall–Kier alpha value is -2.86. The van der Waals surface area contributed by atoms with E-state index in [2.05, 4.69) is 4.98 Å². The molecule has 0 fully saturated rings. The first-order valence-corrected chi connectivity index (χ1v) is 9.77. The van der Waals surface area contributed by atoms with Gasteiger partial charge in [0.05, 0.1) is 12.1 Å². The number of rotatable bonds is 6. The third kappa shape index (κ3) is 3.95. The number of carbonyl (C=O) groups is 1. The molecular formula is C21H20N2O3S. The number of benzene rings is 2. The van der Waals surface area contributed by atoms with Gasteiger partial charge in [0.2, 0.25) is 12.7 Å². The zero-order valence-electron chi connectivity index (χ0n) is 15.1. The molecule has 0 atom stereocenters. The van der Waals surface area contributed by atoms with E-state index in [1.54, 1.807) is 11.3 Å². The fourth-order valence-corrected chi connectivity index (χ4v) is 3.83. The number of aromatic nitrogens is 1. The van der Waals surface area contributed by atoms with Crippen LogP contribution in [0.4, 0.5) is 0 Å². The van der Waals surface area contributed by atoms with Gasteiger partial charge in [-0.1, -0.05) is 36.4 Å². The standard InChI is InChI=1S/C21H20N2O3S/c1-2-23(12-15-8-9-18-19(10-15)26-14-25-18)20(24)11-17-13-27-21(22-17)16-6-4-3-5-7-16/h3-10,13H,2,11-12,14H2,1H3. The van der Waals surface area contributed by atoms with Gasteiger partial charge >= 0.3 is 0 Å². The van der Waals surface area contributed by atoms with Crippen LogP contribution in [0.15, 0.2) is 53.9 Å². The summed E-state index contributed by atoms with van der Waals surface area (Å²) in [5.74, 6) is 1.56. The van der Waals surface area contributed by atoms with Gasteiger partial charge in [-0.3, -0.25) is 4.79 Å². The summed E-state index contributed by atoms with van der Waals surface area (Å²) in [5.41, 5.74) is 2.92. The lowest BCUT2D eigenvalue weighted by atomic mass is 10.1. The van der Waals surface area contributed by atoms with Crippen LogP contribution in [-0.4, -0.2) is 29.1 Å². The average Bonchev–Trinajstić information content (AvgIpc) is 3.35. The molecule has 1 aliphatic rings. The van der Waals surface area contributed by atoms with Crippen LogP contribution in [0.2, 0.25) is 0 Å². The molecule has 2 heterocycles. The number of amides is 1. The predicted molar refractivity (Wildman–Crippen MR) is 105 cm³/mol. The van der Waals surface area contributed by atoms with Crippen molar-refractivity contribution in [2.45, 2.75) is 19.9 Å². The number of hydrogen-bond donors (Lipinski definition) is 0. The van der Waals surface area contributed by atoms with Gasteiger partial charge in [-0.25, -0.2) is 4.98 Å². The largest absolute Gasteiger partial charge is 0.454 e. The Balaban J connectivity index is 1.43. The molecule has 0 radical (unpaired) electrons. The van der Waals surface area contributed by atoms with Crippen LogP contribution in [0.1, 0.15) is 18.2 Å². The molecule has 0 saturated heterocycles. The first kappa shape index (κ1) is 17.5. The van der Waals surface area contributed by atoms with E-state index in [9.17, 15) is 4.79 Å². The predicted octanol–water partition coefficient (Wildman–Crippen LogP) is 4.13. The fraction of sp³-hybridized carbons (Fsp3) is 0.238. The van der Waals surface area contributed by atoms with Crippen molar-refractivity contribution in [1.82, 2.24) is 9.88 Å². The number of ether oxygens (including phenoxy) is 2. The van der Waals surface area contributed by atoms with Crippen molar-refractivity contribution in [3.8, 4) is 22.1 Å². The molecule has 3 aromatic rings. The molecule has 5 nitrogen and oxygen atoms in total. The summed E-state index contributed by atoms with van der Waals surface area (Å²) in [4.78, 5) is 19.2. The summed E-state index contributed by atoms with van der Waals surface area (Å²) in [6, 6.07) is 15.8. The average molecular weight is 380 g/mol. The first-order valence-electron chi connectivity index (χ1n) is 8.89. The molecule has 138 valence electrons. The summed E-state index contributed by atoms with van der Waals surface area (Å²) in [7, 11) is 0. The molecule has 0 spiro atoms. The zero-order valence-corrected chi connectivity index (χ0v) is 15.9. The van der Waals surface area contributed by atoms with Gasteiger partial charge in [-0.15, -0.1) is 11.3 Å². The Morgan fingerprint density at radius 2 is 1.96 bits per heavy atom. The molecule has 1 aliphatic heterocycles. The van der Waals surface area contributed by atoms with E-state index < -0.39 is 0 Å². The Morgan fingerprint density at radius 3 is 2.78 bits per heavy atom. The number of fused-ring (bicyclic) bond motifs is 1. The number of thiazole rings is 1. The zero-order chi connectivity index (χ0) is 18.6. The molecule has 0 bridgehead atoms. The highest BCUT2D eigenvalue weighted by Gasteiger charge is 2.18. The van der Waals surface area contributed by atoms with Crippen molar-refractivity contribution in [2.75, 3.05) is 13.3 Å². The normalized spacial score (nSPS) is 12.2. The molecule has 0 saturated carbocycles. The van der Waals surface area contributed by atoms with E-state index in [0.717, 1.165) is 33.3 Å².